The van der Waals surface area contributed by atoms with Crippen LogP contribution < -0.4 is 0 Å². The Labute approximate surface area is 139 Å². The molecule has 1 saturated carbocycles. The number of carbonyl (C=O) groups excluding carboxylic acids is 2. The van der Waals surface area contributed by atoms with Gasteiger partial charge in [0.2, 0.25) is 5.60 Å². The topological polar surface area (TPSA) is 52.6 Å². The number of hydrogen-bond donors (Lipinski definition) is 0. The van der Waals surface area contributed by atoms with E-state index in [1.165, 1.54) is 7.11 Å². The molecule has 120 valence electrons. The monoisotopic (exact) mass is 344 g/mol. The Morgan fingerprint density at radius 3 is 2.45 bits per heavy atom. The van der Waals surface area contributed by atoms with E-state index < -0.39 is 17.5 Å². The first kappa shape index (κ1) is 17.1. The van der Waals surface area contributed by atoms with E-state index in [1.54, 1.807) is 18.2 Å². The van der Waals surface area contributed by atoms with Crippen molar-refractivity contribution in [3.8, 4) is 0 Å². The van der Waals surface area contributed by atoms with Gasteiger partial charge in [0.15, 0.2) is 0 Å². The molecular formula is C16H18Cl2O4. The van der Waals surface area contributed by atoms with Crippen LogP contribution in [0.15, 0.2) is 18.2 Å². The van der Waals surface area contributed by atoms with Gasteiger partial charge in [0.1, 0.15) is 0 Å². The van der Waals surface area contributed by atoms with Crippen LogP contribution in [0.5, 0.6) is 0 Å². The first-order chi connectivity index (χ1) is 10.5. The Morgan fingerprint density at radius 1 is 1.18 bits per heavy atom. The van der Waals surface area contributed by atoms with Crippen LogP contribution in [0.1, 0.15) is 37.7 Å². The van der Waals surface area contributed by atoms with Crippen molar-refractivity contribution in [3.05, 3.63) is 33.8 Å². The van der Waals surface area contributed by atoms with Crippen LogP contribution in [0.2, 0.25) is 10.0 Å². The second kappa shape index (κ2) is 7.34. The standard InChI is InChI=1S/C16H18Cl2O4/c1-21-15(20)16(7-3-2-4-8-16)22-14(19)9-11-5-6-12(17)10-13(11)18/h5-6,10H,2-4,7-9H2,1H3. The van der Waals surface area contributed by atoms with E-state index >= 15 is 0 Å². The second-order valence-electron chi connectivity index (χ2n) is 5.43. The van der Waals surface area contributed by atoms with Gasteiger partial charge < -0.3 is 9.47 Å². The predicted molar refractivity (Wildman–Crippen MR) is 84.1 cm³/mol. The second-order valence-corrected chi connectivity index (χ2v) is 6.28. The molecule has 0 spiro atoms. The van der Waals surface area contributed by atoms with Gasteiger partial charge >= 0.3 is 11.9 Å². The predicted octanol–water partition coefficient (Wildman–Crippen LogP) is 3.96. The summed E-state index contributed by atoms with van der Waals surface area (Å²) in [7, 11) is 1.31. The number of benzene rings is 1. The summed E-state index contributed by atoms with van der Waals surface area (Å²) in [6.07, 6.45) is 3.70. The fourth-order valence-corrected chi connectivity index (χ4v) is 3.21. The molecule has 0 N–H and O–H groups in total. The summed E-state index contributed by atoms with van der Waals surface area (Å²) in [5.74, 6) is -0.973. The van der Waals surface area contributed by atoms with Crippen molar-refractivity contribution in [1.29, 1.82) is 0 Å². The summed E-state index contributed by atoms with van der Waals surface area (Å²) in [4.78, 5) is 24.3. The van der Waals surface area contributed by atoms with Crippen molar-refractivity contribution < 1.29 is 19.1 Å². The largest absolute Gasteiger partial charge is 0.466 e. The zero-order valence-electron chi connectivity index (χ0n) is 12.4. The maximum absolute atomic E-state index is 12.2. The lowest BCUT2D eigenvalue weighted by molar-refractivity contribution is -0.184. The normalized spacial score (nSPS) is 16.9. The van der Waals surface area contributed by atoms with E-state index in [-0.39, 0.29) is 6.42 Å². The summed E-state index contributed by atoms with van der Waals surface area (Å²) in [5.41, 5.74) is -0.532. The molecule has 1 aromatic carbocycles. The number of ether oxygens (including phenoxy) is 2. The molecule has 1 aliphatic carbocycles. The van der Waals surface area contributed by atoms with Gasteiger partial charge in [0, 0.05) is 10.0 Å². The molecule has 6 heteroatoms. The zero-order valence-corrected chi connectivity index (χ0v) is 13.9. The van der Waals surface area contributed by atoms with Crippen LogP contribution in [-0.4, -0.2) is 24.6 Å². The van der Waals surface area contributed by atoms with Crippen molar-refractivity contribution >= 4 is 35.1 Å². The molecule has 1 aromatic rings. The van der Waals surface area contributed by atoms with Gasteiger partial charge in [0.05, 0.1) is 13.5 Å². The van der Waals surface area contributed by atoms with E-state index in [9.17, 15) is 9.59 Å². The van der Waals surface area contributed by atoms with Gasteiger partial charge in [-0.15, -0.1) is 0 Å². The van der Waals surface area contributed by atoms with Gasteiger partial charge in [-0.25, -0.2) is 4.79 Å². The van der Waals surface area contributed by atoms with Crippen molar-refractivity contribution in [1.82, 2.24) is 0 Å². The molecular weight excluding hydrogens is 327 g/mol. The fourth-order valence-electron chi connectivity index (χ4n) is 2.73. The van der Waals surface area contributed by atoms with Gasteiger partial charge in [-0.2, -0.15) is 0 Å². The summed E-state index contributed by atoms with van der Waals surface area (Å²) >= 11 is 11.9. The van der Waals surface area contributed by atoms with Crippen LogP contribution in [0.3, 0.4) is 0 Å². The Kier molecular flexibility index (Phi) is 5.70. The maximum atomic E-state index is 12.2. The Bertz CT molecular complexity index is 565. The molecule has 4 nitrogen and oxygen atoms in total. The van der Waals surface area contributed by atoms with Gasteiger partial charge in [0.25, 0.3) is 0 Å². The summed E-state index contributed by atoms with van der Waals surface area (Å²) in [5, 5.41) is 0.903. The summed E-state index contributed by atoms with van der Waals surface area (Å²) in [6.45, 7) is 0. The lowest BCUT2D eigenvalue weighted by Crippen LogP contribution is -2.46. The SMILES string of the molecule is COC(=O)C1(OC(=O)Cc2ccc(Cl)cc2Cl)CCCCC1. The van der Waals surface area contributed by atoms with E-state index in [0.717, 1.165) is 19.3 Å². The minimum Gasteiger partial charge on any atom is -0.466 e. The van der Waals surface area contributed by atoms with Crippen molar-refractivity contribution in [2.24, 2.45) is 0 Å². The lowest BCUT2D eigenvalue weighted by Gasteiger charge is -2.33. The van der Waals surface area contributed by atoms with E-state index in [2.05, 4.69) is 0 Å². The number of hydrogen-bond acceptors (Lipinski definition) is 4. The van der Waals surface area contributed by atoms with Crippen LogP contribution in [0.4, 0.5) is 0 Å². The van der Waals surface area contributed by atoms with Crippen LogP contribution >= 0.6 is 23.2 Å². The molecule has 1 aliphatic rings. The van der Waals surface area contributed by atoms with Crippen LogP contribution in [0, 0.1) is 0 Å². The molecule has 0 heterocycles. The lowest BCUT2D eigenvalue weighted by atomic mass is 9.84. The fraction of sp³-hybridized carbons (Fsp3) is 0.500. The molecule has 22 heavy (non-hydrogen) atoms. The van der Waals surface area contributed by atoms with E-state index in [0.29, 0.717) is 28.5 Å². The number of rotatable bonds is 4. The van der Waals surface area contributed by atoms with Crippen LogP contribution in [0.25, 0.3) is 0 Å². The minimum absolute atomic E-state index is 0.00521. The van der Waals surface area contributed by atoms with Gasteiger partial charge in [-0.05, 0) is 43.4 Å². The molecule has 0 saturated heterocycles. The molecule has 0 aromatic heterocycles. The molecule has 0 radical (unpaired) electrons. The molecule has 0 atom stereocenters. The van der Waals surface area contributed by atoms with Crippen molar-refractivity contribution in [2.45, 2.75) is 44.1 Å². The third-order valence-corrected chi connectivity index (χ3v) is 4.46. The molecule has 0 bridgehead atoms. The molecule has 0 unspecified atom stereocenters. The Hall–Kier alpha value is -1.26. The molecule has 2 rings (SSSR count). The average Bonchev–Trinajstić information content (AvgIpc) is 2.50. The number of methoxy groups -OCH3 is 1. The minimum atomic E-state index is -1.15. The Balaban J connectivity index is 2.09. The maximum Gasteiger partial charge on any atom is 0.350 e. The highest BCUT2D eigenvalue weighted by Gasteiger charge is 2.44. The highest BCUT2D eigenvalue weighted by atomic mass is 35.5. The van der Waals surface area contributed by atoms with Gasteiger partial charge in [-0.1, -0.05) is 35.7 Å². The Morgan fingerprint density at radius 2 is 1.86 bits per heavy atom. The van der Waals surface area contributed by atoms with Crippen LogP contribution in [-0.2, 0) is 25.5 Å². The smallest absolute Gasteiger partial charge is 0.350 e. The van der Waals surface area contributed by atoms with Gasteiger partial charge in [-0.3, -0.25) is 4.79 Å². The summed E-state index contributed by atoms with van der Waals surface area (Å²) < 4.78 is 10.3. The molecule has 1 fully saturated rings. The molecule has 0 amide bonds. The quantitative estimate of drug-likeness (QED) is 0.776. The summed E-state index contributed by atoms with van der Waals surface area (Å²) in [6, 6.07) is 4.91. The number of carbonyl (C=O) groups is 2. The zero-order chi connectivity index (χ0) is 16.2. The number of esters is 2. The highest BCUT2D eigenvalue weighted by molar-refractivity contribution is 6.35. The molecule has 0 aliphatic heterocycles. The van der Waals surface area contributed by atoms with Crippen molar-refractivity contribution in [3.63, 3.8) is 0 Å². The third-order valence-electron chi connectivity index (χ3n) is 3.88. The highest BCUT2D eigenvalue weighted by Crippen LogP contribution is 2.33. The average molecular weight is 345 g/mol. The van der Waals surface area contributed by atoms with Crippen molar-refractivity contribution in [2.75, 3.05) is 7.11 Å². The first-order valence-corrected chi connectivity index (χ1v) is 7.97. The first-order valence-electron chi connectivity index (χ1n) is 7.21. The third kappa shape index (κ3) is 3.93. The van der Waals surface area contributed by atoms with E-state index in [4.69, 9.17) is 32.7 Å². The number of halogens is 2. The van der Waals surface area contributed by atoms with E-state index in [1.807, 2.05) is 0 Å².